The molecular weight excluding hydrogens is 224 g/mol. The molecule has 2 rings (SSSR count). The Balaban J connectivity index is 2.51. The van der Waals surface area contributed by atoms with Gasteiger partial charge in [-0.15, -0.1) is 0 Å². The second kappa shape index (κ2) is 5.45. The molecule has 1 amide bonds. The molecule has 0 saturated carbocycles. The number of aryl methyl sites for hydroxylation is 1. The highest BCUT2D eigenvalue weighted by molar-refractivity contribution is 6.00. The minimum absolute atomic E-state index is 0.0444. The number of pyridine rings is 1. The molecule has 0 fully saturated rings. The van der Waals surface area contributed by atoms with Gasteiger partial charge in [-0.2, -0.15) is 0 Å². The number of hydrogen-bond donors (Lipinski definition) is 0. The summed E-state index contributed by atoms with van der Waals surface area (Å²) in [5.74, 6) is 0.710. The number of aromatic nitrogens is 1. The van der Waals surface area contributed by atoms with Gasteiger partial charge in [0.2, 0.25) is 5.91 Å². The minimum Gasteiger partial charge on any atom is -0.274 e. The summed E-state index contributed by atoms with van der Waals surface area (Å²) < 4.78 is 0. The van der Waals surface area contributed by atoms with E-state index in [9.17, 15) is 4.79 Å². The van der Waals surface area contributed by atoms with E-state index in [1.807, 2.05) is 56.3 Å². The van der Waals surface area contributed by atoms with E-state index in [1.54, 1.807) is 11.1 Å². The van der Waals surface area contributed by atoms with Gasteiger partial charge in [-0.05, 0) is 30.7 Å². The molecule has 1 aromatic carbocycles. The fourth-order valence-corrected chi connectivity index (χ4v) is 1.84. The fourth-order valence-electron chi connectivity index (χ4n) is 1.84. The Bertz CT molecular complexity index is 537. The molecule has 18 heavy (non-hydrogen) atoms. The Morgan fingerprint density at radius 1 is 1.17 bits per heavy atom. The molecule has 0 N–H and O–H groups in total. The van der Waals surface area contributed by atoms with Gasteiger partial charge in [0.1, 0.15) is 5.82 Å². The second-order valence-electron chi connectivity index (χ2n) is 4.06. The van der Waals surface area contributed by atoms with Gasteiger partial charge in [0.05, 0.1) is 5.69 Å². The molecule has 92 valence electrons. The topological polar surface area (TPSA) is 33.2 Å². The van der Waals surface area contributed by atoms with Crippen LogP contribution in [0.3, 0.4) is 0 Å². The molecule has 0 radical (unpaired) electrons. The highest BCUT2D eigenvalue weighted by atomic mass is 16.2. The number of hydrogen-bond acceptors (Lipinski definition) is 2. The third-order valence-electron chi connectivity index (χ3n) is 2.79. The summed E-state index contributed by atoms with van der Waals surface area (Å²) in [7, 11) is 0. The van der Waals surface area contributed by atoms with Crippen molar-refractivity contribution in [2.75, 3.05) is 4.90 Å². The van der Waals surface area contributed by atoms with Crippen LogP contribution in [0.25, 0.3) is 0 Å². The van der Waals surface area contributed by atoms with E-state index in [1.165, 1.54) is 0 Å². The van der Waals surface area contributed by atoms with Crippen molar-refractivity contribution in [3.05, 3.63) is 54.2 Å². The zero-order chi connectivity index (χ0) is 13.0. The van der Waals surface area contributed by atoms with Crippen LogP contribution >= 0.6 is 0 Å². The van der Waals surface area contributed by atoms with Crippen molar-refractivity contribution >= 4 is 17.4 Å². The van der Waals surface area contributed by atoms with E-state index in [4.69, 9.17) is 0 Å². The maximum atomic E-state index is 12.2. The molecular formula is C15H16N2O. The minimum atomic E-state index is 0.0444. The largest absolute Gasteiger partial charge is 0.274 e. The number of carbonyl (C=O) groups excluding carboxylic acids is 1. The summed E-state index contributed by atoms with van der Waals surface area (Å²) in [5, 5.41) is 0. The molecule has 0 aliphatic carbocycles. The fraction of sp³-hybridized carbons (Fsp3) is 0.200. The highest BCUT2D eigenvalue weighted by Gasteiger charge is 2.18. The lowest BCUT2D eigenvalue weighted by molar-refractivity contribution is -0.117. The van der Waals surface area contributed by atoms with Gasteiger partial charge in [-0.25, -0.2) is 4.98 Å². The number of carbonyl (C=O) groups is 1. The highest BCUT2D eigenvalue weighted by Crippen LogP contribution is 2.27. The van der Waals surface area contributed by atoms with Crippen LogP contribution in [0, 0.1) is 6.92 Å². The molecule has 0 saturated heterocycles. The Morgan fingerprint density at radius 2 is 1.89 bits per heavy atom. The van der Waals surface area contributed by atoms with E-state index in [2.05, 4.69) is 4.98 Å². The SMILES string of the molecule is CCC(=O)N(c1ccccn1)c1ccccc1C. The summed E-state index contributed by atoms with van der Waals surface area (Å²) >= 11 is 0. The predicted molar refractivity (Wildman–Crippen MR) is 72.9 cm³/mol. The van der Waals surface area contributed by atoms with Crippen LogP contribution in [0.4, 0.5) is 11.5 Å². The average molecular weight is 240 g/mol. The molecule has 0 aliphatic rings. The standard InChI is InChI=1S/C15H16N2O/c1-3-15(18)17(14-10-6-7-11-16-14)13-9-5-4-8-12(13)2/h4-11H,3H2,1-2H3. The number of rotatable bonds is 3. The Hall–Kier alpha value is -2.16. The van der Waals surface area contributed by atoms with Gasteiger partial charge in [0, 0.05) is 12.6 Å². The first-order chi connectivity index (χ1) is 8.74. The molecule has 0 aliphatic heterocycles. The van der Waals surface area contributed by atoms with Gasteiger partial charge in [0.15, 0.2) is 0 Å². The van der Waals surface area contributed by atoms with Crippen molar-refractivity contribution in [1.82, 2.24) is 4.98 Å². The lowest BCUT2D eigenvalue weighted by Gasteiger charge is -2.23. The average Bonchev–Trinajstić information content (AvgIpc) is 2.42. The number of nitrogens with zero attached hydrogens (tertiary/aromatic N) is 2. The van der Waals surface area contributed by atoms with Crippen molar-refractivity contribution in [3.63, 3.8) is 0 Å². The molecule has 1 heterocycles. The van der Waals surface area contributed by atoms with Crippen LogP contribution < -0.4 is 4.90 Å². The van der Waals surface area contributed by atoms with Gasteiger partial charge < -0.3 is 0 Å². The molecule has 0 bridgehead atoms. The maximum absolute atomic E-state index is 12.2. The maximum Gasteiger partial charge on any atom is 0.232 e. The molecule has 0 spiro atoms. The van der Waals surface area contributed by atoms with Crippen molar-refractivity contribution in [2.45, 2.75) is 20.3 Å². The third kappa shape index (κ3) is 2.40. The first-order valence-electron chi connectivity index (χ1n) is 6.03. The first kappa shape index (κ1) is 12.3. The van der Waals surface area contributed by atoms with Crippen molar-refractivity contribution in [3.8, 4) is 0 Å². The lowest BCUT2D eigenvalue weighted by atomic mass is 10.1. The normalized spacial score (nSPS) is 10.1. The summed E-state index contributed by atoms with van der Waals surface area (Å²) in [6.07, 6.45) is 2.15. The molecule has 1 aromatic heterocycles. The van der Waals surface area contributed by atoms with Crippen LogP contribution in [-0.2, 0) is 4.79 Å². The van der Waals surface area contributed by atoms with Crippen LogP contribution in [0.1, 0.15) is 18.9 Å². The number of benzene rings is 1. The quantitative estimate of drug-likeness (QED) is 0.823. The van der Waals surface area contributed by atoms with Crippen molar-refractivity contribution in [2.24, 2.45) is 0 Å². The number of amides is 1. The molecule has 0 atom stereocenters. The molecule has 2 aromatic rings. The summed E-state index contributed by atoms with van der Waals surface area (Å²) in [6, 6.07) is 13.4. The summed E-state index contributed by atoms with van der Waals surface area (Å²) in [6.45, 7) is 3.85. The molecule has 3 heteroatoms. The number of para-hydroxylation sites is 1. The van der Waals surface area contributed by atoms with E-state index >= 15 is 0 Å². The van der Waals surface area contributed by atoms with Crippen molar-refractivity contribution < 1.29 is 4.79 Å². The molecule has 3 nitrogen and oxygen atoms in total. The van der Waals surface area contributed by atoms with Gasteiger partial charge in [-0.1, -0.05) is 31.2 Å². The lowest BCUT2D eigenvalue weighted by Crippen LogP contribution is -2.26. The summed E-state index contributed by atoms with van der Waals surface area (Å²) in [5.41, 5.74) is 1.95. The van der Waals surface area contributed by atoms with Crippen LogP contribution in [-0.4, -0.2) is 10.9 Å². The smallest absolute Gasteiger partial charge is 0.232 e. The van der Waals surface area contributed by atoms with Gasteiger partial charge in [-0.3, -0.25) is 9.69 Å². The van der Waals surface area contributed by atoms with Crippen LogP contribution in [0.2, 0.25) is 0 Å². The zero-order valence-electron chi connectivity index (χ0n) is 10.6. The van der Waals surface area contributed by atoms with Gasteiger partial charge >= 0.3 is 0 Å². The van der Waals surface area contributed by atoms with E-state index in [-0.39, 0.29) is 5.91 Å². The first-order valence-corrected chi connectivity index (χ1v) is 6.03. The summed E-state index contributed by atoms with van der Waals surface area (Å²) in [4.78, 5) is 18.1. The van der Waals surface area contributed by atoms with E-state index in [0.717, 1.165) is 11.3 Å². The van der Waals surface area contributed by atoms with E-state index in [0.29, 0.717) is 12.2 Å². The third-order valence-corrected chi connectivity index (χ3v) is 2.79. The van der Waals surface area contributed by atoms with Crippen molar-refractivity contribution in [1.29, 1.82) is 0 Å². The van der Waals surface area contributed by atoms with Crippen LogP contribution in [0.15, 0.2) is 48.7 Å². The second-order valence-corrected chi connectivity index (χ2v) is 4.06. The van der Waals surface area contributed by atoms with E-state index < -0.39 is 0 Å². The Morgan fingerprint density at radius 3 is 2.50 bits per heavy atom. The van der Waals surface area contributed by atoms with Crippen LogP contribution in [0.5, 0.6) is 0 Å². The number of anilines is 2. The monoisotopic (exact) mass is 240 g/mol. The zero-order valence-corrected chi connectivity index (χ0v) is 10.6. The Kier molecular flexibility index (Phi) is 3.72. The Labute approximate surface area is 107 Å². The molecule has 0 unspecified atom stereocenters. The van der Waals surface area contributed by atoms with Gasteiger partial charge in [0.25, 0.3) is 0 Å². The predicted octanol–water partition coefficient (Wildman–Crippen LogP) is 3.46.